The maximum atomic E-state index is 10.8. The van der Waals surface area contributed by atoms with E-state index in [4.69, 9.17) is 9.57 Å². The topological polar surface area (TPSA) is 77.2 Å². The molecule has 2 aliphatic rings. The van der Waals surface area contributed by atoms with Crippen molar-refractivity contribution in [3.8, 4) is 0 Å². The Morgan fingerprint density at radius 3 is 2.64 bits per heavy atom. The quantitative estimate of drug-likeness (QED) is 0.614. The zero-order chi connectivity index (χ0) is 15.5. The first kappa shape index (κ1) is 14.9. The van der Waals surface area contributed by atoms with Gasteiger partial charge < -0.3 is 9.57 Å². The predicted octanol–water partition coefficient (Wildman–Crippen LogP) is 2.01. The molecule has 1 saturated heterocycles. The molecule has 0 amide bonds. The molecule has 2 atom stereocenters. The van der Waals surface area contributed by atoms with Crippen molar-refractivity contribution in [2.45, 2.75) is 19.1 Å². The number of hydrogen-bond acceptors (Lipinski definition) is 6. The van der Waals surface area contributed by atoms with Gasteiger partial charge in [0.25, 0.3) is 5.69 Å². The second-order valence-electron chi connectivity index (χ2n) is 5.58. The molecule has 7 heteroatoms. The highest BCUT2D eigenvalue weighted by molar-refractivity contribution is 6.03. The van der Waals surface area contributed by atoms with Crippen molar-refractivity contribution in [1.29, 1.82) is 0 Å². The fourth-order valence-corrected chi connectivity index (χ4v) is 3.07. The lowest BCUT2D eigenvalue weighted by Crippen LogP contribution is -2.41. The van der Waals surface area contributed by atoms with E-state index in [1.807, 2.05) is 0 Å². The summed E-state index contributed by atoms with van der Waals surface area (Å²) in [5.74, 6) is 0.0181. The maximum Gasteiger partial charge on any atom is 0.269 e. The van der Waals surface area contributed by atoms with Crippen molar-refractivity contribution in [2.24, 2.45) is 11.1 Å². The Hall–Kier alpha value is -1.99. The summed E-state index contributed by atoms with van der Waals surface area (Å²) in [5, 5.41) is 15.0. The predicted molar refractivity (Wildman–Crippen MR) is 80.7 cm³/mol. The molecule has 3 rings (SSSR count). The lowest BCUT2D eigenvalue weighted by Gasteiger charge is -2.26. The first-order valence-electron chi connectivity index (χ1n) is 7.42. The van der Waals surface area contributed by atoms with Gasteiger partial charge in [-0.3, -0.25) is 15.0 Å². The number of nitrogens with zero attached hydrogens (tertiary/aromatic N) is 3. The number of methoxy groups -OCH3 is 1. The summed E-state index contributed by atoms with van der Waals surface area (Å²) in [5.41, 5.74) is 1.71. The maximum absolute atomic E-state index is 10.8. The number of non-ortho nitro benzene ring substituents is 1. The second-order valence-corrected chi connectivity index (χ2v) is 5.58. The highest BCUT2D eigenvalue weighted by Gasteiger charge is 2.39. The van der Waals surface area contributed by atoms with Crippen molar-refractivity contribution in [1.82, 2.24) is 4.90 Å². The van der Waals surface area contributed by atoms with Gasteiger partial charge in [-0.15, -0.1) is 0 Å². The van der Waals surface area contributed by atoms with E-state index in [0.717, 1.165) is 24.4 Å². The van der Waals surface area contributed by atoms with Gasteiger partial charge in [0, 0.05) is 37.9 Å². The Labute approximate surface area is 128 Å². The number of ether oxygens (including phenoxy) is 1. The van der Waals surface area contributed by atoms with E-state index in [9.17, 15) is 10.1 Å². The van der Waals surface area contributed by atoms with Crippen LogP contribution in [0.25, 0.3) is 0 Å². The molecule has 118 valence electrons. The molecule has 1 fully saturated rings. The Kier molecular flexibility index (Phi) is 4.35. The van der Waals surface area contributed by atoms with Crippen LogP contribution in [0.1, 0.15) is 18.4 Å². The highest BCUT2D eigenvalue weighted by Crippen LogP contribution is 2.29. The average Bonchev–Trinajstić information content (AvgIpc) is 3.17. The summed E-state index contributed by atoms with van der Waals surface area (Å²) in [7, 11) is 1.66. The van der Waals surface area contributed by atoms with E-state index in [2.05, 4.69) is 10.1 Å². The summed E-state index contributed by atoms with van der Waals surface area (Å²) >= 11 is 0. The van der Waals surface area contributed by atoms with Crippen LogP contribution in [-0.2, 0) is 9.57 Å². The Morgan fingerprint density at radius 2 is 2.05 bits per heavy atom. The van der Waals surface area contributed by atoms with Crippen molar-refractivity contribution in [3.05, 3.63) is 39.9 Å². The van der Waals surface area contributed by atoms with Crippen molar-refractivity contribution < 1.29 is 14.5 Å². The van der Waals surface area contributed by atoms with Crippen LogP contribution in [0.5, 0.6) is 0 Å². The largest absolute Gasteiger partial charge is 0.384 e. The molecule has 0 spiro atoms. The molecule has 1 aromatic carbocycles. The zero-order valence-corrected chi connectivity index (χ0v) is 12.5. The summed E-state index contributed by atoms with van der Waals surface area (Å²) in [6.45, 7) is 2.53. The molecule has 22 heavy (non-hydrogen) atoms. The van der Waals surface area contributed by atoms with E-state index in [0.29, 0.717) is 6.61 Å². The van der Waals surface area contributed by atoms with Gasteiger partial charge in [0.05, 0.1) is 23.2 Å². The van der Waals surface area contributed by atoms with Crippen molar-refractivity contribution >= 4 is 11.4 Å². The fraction of sp³-hybridized carbons (Fsp3) is 0.533. The summed E-state index contributed by atoms with van der Waals surface area (Å²) in [6, 6.07) is 6.42. The normalized spacial score (nSPS) is 25.0. The molecule has 0 bridgehead atoms. The molecule has 2 heterocycles. The molecule has 7 nitrogen and oxygen atoms in total. The number of likely N-dealkylation sites (tertiary alicyclic amines) is 1. The molecular weight excluding hydrogens is 286 g/mol. The van der Waals surface area contributed by atoms with Crippen LogP contribution in [0.4, 0.5) is 5.69 Å². The Bertz CT molecular complexity index is 567. The first-order valence-corrected chi connectivity index (χ1v) is 7.42. The monoisotopic (exact) mass is 305 g/mol. The number of oxime groups is 1. The number of nitro benzene ring substituents is 1. The SMILES string of the molecule is COCC1C(c2ccc([N+](=O)[O-])cc2)=NOC1N1CCCC1. The third kappa shape index (κ3) is 2.82. The third-order valence-electron chi connectivity index (χ3n) is 4.18. The van der Waals surface area contributed by atoms with E-state index in [1.165, 1.54) is 25.0 Å². The van der Waals surface area contributed by atoms with E-state index < -0.39 is 4.92 Å². The lowest BCUT2D eigenvalue weighted by molar-refractivity contribution is -0.384. The molecule has 0 saturated carbocycles. The Morgan fingerprint density at radius 1 is 1.36 bits per heavy atom. The molecule has 1 aromatic rings. The standard InChI is InChI=1S/C15H19N3O4/c1-21-10-13-14(11-4-6-12(7-5-11)18(19)20)16-22-15(13)17-8-2-3-9-17/h4-7,13,15H,2-3,8-10H2,1H3. The van der Waals surface area contributed by atoms with Crippen LogP contribution in [0.15, 0.2) is 29.4 Å². The lowest BCUT2D eigenvalue weighted by atomic mass is 9.95. The number of benzene rings is 1. The van der Waals surface area contributed by atoms with E-state index >= 15 is 0 Å². The van der Waals surface area contributed by atoms with Crippen LogP contribution in [0.3, 0.4) is 0 Å². The number of nitro groups is 1. The minimum absolute atomic E-state index is 0.0181. The Balaban J connectivity index is 1.80. The van der Waals surface area contributed by atoms with Gasteiger partial charge in [-0.25, -0.2) is 0 Å². The minimum Gasteiger partial charge on any atom is -0.384 e. The number of hydrogen-bond donors (Lipinski definition) is 0. The summed E-state index contributed by atoms with van der Waals surface area (Å²) < 4.78 is 5.33. The van der Waals surface area contributed by atoms with Crippen LogP contribution >= 0.6 is 0 Å². The van der Waals surface area contributed by atoms with Crippen molar-refractivity contribution in [3.63, 3.8) is 0 Å². The van der Waals surface area contributed by atoms with Crippen molar-refractivity contribution in [2.75, 3.05) is 26.8 Å². The summed E-state index contributed by atoms with van der Waals surface area (Å²) in [6.07, 6.45) is 2.24. The van der Waals surface area contributed by atoms with Crippen LogP contribution in [0.2, 0.25) is 0 Å². The van der Waals surface area contributed by atoms with Gasteiger partial charge in [0.1, 0.15) is 0 Å². The van der Waals surface area contributed by atoms with E-state index in [-0.39, 0.29) is 17.8 Å². The van der Waals surface area contributed by atoms with Crippen LogP contribution < -0.4 is 0 Å². The summed E-state index contributed by atoms with van der Waals surface area (Å²) in [4.78, 5) is 18.3. The van der Waals surface area contributed by atoms with Gasteiger partial charge in [-0.05, 0) is 25.0 Å². The minimum atomic E-state index is -0.406. The van der Waals surface area contributed by atoms with Crippen LogP contribution in [0, 0.1) is 16.0 Å². The van der Waals surface area contributed by atoms with Crippen LogP contribution in [-0.4, -0.2) is 48.6 Å². The van der Waals surface area contributed by atoms with Gasteiger partial charge in [0.15, 0.2) is 6.23 Å². The van der Waals surface area contributed by atoms with Gasteiger partial charge >= 0.3 is 0 Å². The molecule has 0 aliphatic carbocycles. The number of rotatable bonds is 5. The molecular formula is C15H19N3O4. The zero-order valence-electron chi connectivity index (χ0n) is 12.5. The molecule has 0 N–H and O–H groups in total. The van der Waals surface area contributed by atoms with E-state index in [1.54, 1.807) is 19.2 Å². The van der Waals surface area contributed by atoms with Gasteiger partial charge in [-0.2, -0.15) is 0 Å². The fourth-order valence-electron chi connectivity index (χ4n) is 3.07. The molecule has 0 aromatic heterocycles. The third-order valence-corrected chi connectivity index (χ3v) is 4.18. The van der Waals surface area contributed by atoms with Gasteiger partial charge in [0.2, 0.25) is 0 Å². The first-order chi connectivity index (χ1) is 10.7. The average molecular weight is 305 g/mol. The molecule has 2 aliphatic heterocycles. The second kappa shape index (κ2) is 6.41. The molecule has 0 radical (unpaired) electrons. The smallest absolute Gasteiger partial charge is 0.269 e. The van der Waals surface area contributed by atoms with Gasteiger partial charge in [-0.1, -0.05) is 5.16 Å². The highest BCUT2D eigenvalue weighted by atomic mass is 16.7. The molecule has 2 unspecified atom stereocenters.